The lowest BCUT2D eigenvalue weighted by Gasteiger charge is -2.36. The summed E-state index contributed by atoms with van der Waals surface area (Å²) in [5.41, 5.74) is 17.8. The first-order chi connectivity index (χ1) is 33.2. The fourth-order valence-electron chi connectivity index (χ4n) is 10.1. The van der Waals surface area contributed by atoms with Crippen LogP contribution in [0.25, 0.3) is 59.4 Å². The van der Waals surface area contributed by atoms with E-state index in [1.165, 1.54) is 64.7 Å². The summed E-state index contributed by atoms with van der Waals surface area (Å²) < 4.78 is 2.64. The molecule has 0 saturated carbocycles. The Labute approximate surface area is 396 Å². The Kier molecular flexibility index (Phi) is 10.7. The predicted octanol–water partition coefficient (Wildman–Crippen LogP) is 15.5. The molecule has 4 heteroatoms. The Hall–Kier alpha value is -8.02. The molecule has 67 heavy (non-hydrogen) atoms. The van der Waals surface area contributed by atoms with Crippen molar-refractivity contribution in [3.63, 3.8) is 0 Å². The minimum absolute atomic E-state index is 0.0489. The van der Waals surface area contributed by atoms with Gasteiger partial charge in [0.1, 0.15) is 6.17 Å². The van der Waals surface area contributed by atoms with E-state index in [0.29, 0.717) is 0 Å². The molecule has 320 valence electrons. The number of nitrogens with one attached hydrogen (secondary N) is 3. The molecular weight excluding hydrogens is 831 g/mol. The molecule has 2 aliphatic rings. The van der Waals surface area contributed by atoms with Crippen molar-refractivity contribution in [1.29, 1.82) is 0 Å². The second-order valence-corrected chi connectivity index (χ2v) is 18.4. The smallest absolute Gasteiger partial charge is 0.104 e. The molecule has 0 spiro atoms. The van der Waals surface area contributed by atoms with Crippen molar-refractivity contribution in [2.75, 3.05) is 0 Å². The van der Waals surface area contributed by atoms with Gasteiger partial charge in [-0.3, -0.25) is 5.32 Å². The Morgan fingerprint density at radius 2 is 0.925 bits per heavy atom. The van der Waals surface area contributed by atoms with Gasteiger partial charge in [0.15, 0.2) is 0 Å². The van der Waals surface area contributed by atoms with Gasteiger partial charge in [-0.25, -0.2) is 0 Å². The van der Waals surface area contributed by atoms with Gasteiger partial charge in [0.2, 0.25) is 0 Å². The molecule has 1 aromatic heterocycles. The van der Waals surface area contributed by atoms with Gasteiger partial charge in [0.25, 0.3) is 0 Å². The van der Waals surface area contributed by atoms with Crippen molar-refractivity contribution < 1.29 is 0 Å². The Balaban J connectivity index is 0.979. The van der Waals surface area contributed by atoms with Gasteiger partial charge in [-0.2, -0.15) is 0 Å². The Bertz CT molecular complexity index is 3470. The summed E-state index contributed by atoms with van der Waals surface area (Å²) in [6, 6.07) is 87.8. The Morgan fingerprint density at radius 1 is 0.373 bits per heavy atom. The van der Waals surface area contributed by atoms with E-state index >= 15 is 0 Å². The third-order valence-electron chi connectivity index (χ3n) is 13.2. The van der Waals surface area contributed by atoms with Crippen LogP contribution in [0.4, 0.5) is 0 Å². The highest BCUT2D eigenvalue weighted by atomic mass is 32.1. The minimum Gasteiger partial charge on any atom is -0.373 e. The van der Waals surface area contributed by atoms with Crippen LogP contribution in [0, 0.1) is 0 Å². The number of allylic oxidation sites excluding steroid dienone is 2. The molecule has 2 aliphatic heterocycles. The number of rotatable bonds is 9. The molecule has 3 nitrogen and oxygen atoms in total. The number of benzene rings is 9. The molecular formula is C63H47N3S. The summed E-state index contributed by atoms with van der Waals surface area (Å²) in [5, 5.41) is 14.7. The summed E-state index contributed by atoms with van der Waals surface area (Å²) in [5.74, 6) is 0. The van der Waals surface area contributed by atoms with E-state index in [-0.39, 0.29) is 18.2 Å². The molecule has 10 aromatic rings. The molecule has 0 amide bonds. The van der Waals surface area contributed by atoms with Gasteiger partial charge in [0.05, 0.1) is 17.8 Å². The molecule has 9 aromatic carbocycles. The number of fused-ring (bicyclic) bond motifs is 3. The standard InChI is InChI=1S/C63H47N3S/c1-6-20-42(21-7-1)54-41-55(50-31-18-30-49(40-50)51-33-19-34-53-52-32-16-17-35-56(52)67-62(51)53)65-63(64-54)48-38-36-45(37-39-48)57-58(43-22-8-2-9-23-43)60(46-26-12-4-13-27-46)66-61(47-28-14-5-15-29-47)59(57)44-24-10-3-11-25-44/h1-41,55,60,63-66H. The van der Waals surface area contributed by atoms with Crippen molar-refractivity contribution >= 4 is 59.6 Å². The second-order valence-electron chi connectivity index (χ2n) is 17.3. The lowest BCUT2D eigenvalue weighted by molar-refractivity contribution is 0.443. The molecule has 0 aliphatic carbocycles. The van der Waals surface area contributed by atoms with Crippen molar-refractivity contribution in [2.45, 2.75) is 18.2 Å². The normalized spacial score (nSPS) is 17.3. The molecule has 3 N–H and O–H groups in total. The van der Waals surface area contributed by atoms with E-state index in [2.05, 4.69) is 265 Å². The zero-order valence-corrected chi connectivity index (χ0v) is 37.6. The van der Waals surface area contributed by atoms with Crippen LogP contribution in [0.2, 0.25) is 0 Å². The molecule has 0 bridgehead atoms. The highest BCUT2D eigenvalue weighted by molar-refractivity contribution is 7.26. The van der Waals surface area contributed by atoms with Gasteiger partial charge in [-0.1, -0.05) is 231 Å². The number of thiophene rings is 1. The van der Waals surface area contributed by atoms with E-state index < -0.39 is 0 Å². The van der Waals surface area contributed by atoms with E-state index in [0.717, 1.165) is 39.2 Å². The summed E-state index contributed by atoms with van der Waals surface area (Å²) in [4.78, 5) is 0. The summed E-state index contributed by atoms with van der Waals surface area (Å²) in [6.07, 6.45) is 2.18. The van der Waals surface area contributed by atoms with Crippen LogP contribution in [0.1, 0.15) is 62.8 Å². The highest BCUT2D eigenvalue weighted by Gasteiger charge is 2.33. The van der Waals surface area contributed by atoms with Gasteiger partial charge < -0.3 is 10.6 Å². The van der Waals surface area contributed by atoms with Crippen LogP contribution in [0.3, 0.4) is 0 Å². The molecule has 0 saturated heterocycles. The van der Waals surface area contributed by atoms with Gasteiger partial charge >= 0.3 is 0 Å². The molecule has 3 unspecified atom stereocenters. The maximum absolute atomic E-state index is 4.11. The number of hydrogen-bond acceptors (Lipinski definition) is 4. The summed E-state index contributed by atoms with van der Waals surface area (Å²) in [6.45, 7) is 0. The van der Waals surface area contributed by atoms with Gasteiger partial charge in [-0.05, 0) is 85.0 Å². The molecule has 3 heterocycles. The minimum atomic E-state index is -0.161. The van der Waals surface area contributed by atoms with Crippen LogP contribution in [-0.4, -0.2) is 0 Å². The van der Waals surface area contributed by atoms with E-state index in [4.69, 9.17) is 0 Å². The molecule has 3 atom stereocenters. The number of hydrogen-bond donors (Lipinski definition) is 3. The fourth-order valence-corrected chi connectivity index (χ4v) is 11.3. The maximum atomic E-state index is 4.11. The van der Waals surface area contributed by atoms with Crippen LogP contribution < -0.4 is 16.0 Å². The largest absolute Gasteiger partial charge is 0.373 e. The predicted molar refractivity (Wildman–Crippen MR) is 283 cm³/mol. The van der Waals surface area contributed by atoms with Crippen molar-refractivity contribution in [1.82, 2.24) is 16.0 Å². The van der Waals surface area contributed by atoms with Crippen molar-refractivity contribution in [2.24, 2.45) is 0 Å². The fraction of sp³-hybridized carbons (Fsp3) is 0.0476. The molecule has 12 rings (SSSR count). The SMILES string of the molecule is C1=C(c2ccccc2)NC(c2ccc(C3=C(c4ccccc4)C(c4ccccc4)NC(c4ccccc4)=C3c3ccccc3)cc2)NC1c1cccc(-c2cccc3c2sc2ccccc23)c1. The first kappa shape index (κ1) is 40.5. The zero-order valence-electron chi connectivity index (χ0n) is 36.8. The van der Waals surface area contributed by atoms with Crippen LogP contribution in [0.15, 0.2) is 249 Å². The second kappa shape index (κ2) is 17.8. The lowest BCUT2D eigenvalue weighted by Crippen LogP contribution is -2.39. The number of dihydropyridines is 1. The third kappa shape index (κ3) is 7.76. The average molecular weight is 878 g/mol. The highest BCUT2D eigenvalue weighted by Crippen LogP contribution is 2.50. The van der Waals surface area contributed by atoms with Gasteiger partial charge in [0, 0.05) is 31.4 Å². The van der Waals surface area contributed by atoms with Crippen molar-refractivity contribution in [3.05, 3.63) is 293 Å². The average Bonchev–Trinajstić information content (AvgIpc) is 3.81. The monoisotopic (exact) mass is 877 g/mol. The summed E-state index contributed by atoms with van der Waals surface area (Å²) in [7, 11) is 0. The van der Waals surface area contributed by atoms with E-state index in [1.807, 2.05) is 11.3 Å². The van der Waals surface area contributed by atoms with Crippen LogP contribution in [0.5, 0.6) is 0 Å². The Morgan fingerprint density at radius 3 is 1.64 bits per heavy atom. The molecule has 0 radical (unpaired) electrons. The van der Waals surface area contributed by atoms with Crippen LogP contribution >= 0.6 is 11.3 Å². The molecule has 0 fully saturated rings. The van der Waals surface area contributed by atoms with E-state index in [1.54, 1.807) is 0 Å². The lowest BCUT2D eigenvalue weighted by atomic mass is 9.77. The van der Waals surface area contributed by atoms with Crippen LogP contribution in [-0.2, 0) is 0 Å². The topological polar surface area (TPSA) is 36.1 Å². The van der Waals surface area contributed by atoms with E-state index in [9.17, 15) is 0 Å². The first-order valence-electron chi connectivity index (χ1n) is 23.1. The maximum Gasteiger partial charge on any atom is 0.104 e. The quantitative estimate of drug-likeness (QED) is 0.135. The zero-order chi connectivity index (χ0) is 44.5. The first-order valence-corrected chi connectivity index (χ1v) is 23.9. The third-order valence-corrected chi connectivity index (χ3v) is 14.5. The summed E-state index contributed by atoms with van der Waals surface area (Å²) >= 11 is 1.88. The van der Waals surface area contributed by atoms with Crippen molar-refractivity contribution in [3.8, 4) is 11.1 Å². The van der Waals surface area contributed by atoms with Gasteiger partial charge in [-0.15, -0.1) is 11.3 Å².